The number of benzene rings is 1. The summed E-state index contributed by atoms with van der Waals surface area (Å²) in [5.41, 5.74) is 0.918. The first-order valence-corrected chi connectivity index (χ1v) is 25.4. The first-order valence-electron chi connectivity index (χ1n) is 17.9. The first-order chi connectivity index (χ1) is 19.7. The second kappa shape index (κ2) is 23.0. The fraction of sp³-hybridized carbons (Fsp3) is 0.795. The van der Waals surface area contributed by atoms with E-state index in [1.165, 1.54) is 109 Å². The molecule has 0 saturated heterocycles. The molecule has 3 atom stereocenters. The van der Waals surface area contributed by atoms with Gasteiger partial charge in [0.25, 0.3) is 0 Å². The Morgan fingerprint density at radius 2 is 1.17 bits per heavy atom. The minimum absolute atomic E-state index is 0.340. The van der Waals surface area contributed by atoms with Crippen LogP contribution >= 0.6 is 0 Å². The van der Waals surface area contributed by atoms with Gasteiger partial charge in [-0.25, -0.2) is 0 Å². The molecule has 0 N–H and O–H groups in total. The molecule has 1 aromatic carbocycles. The quantitative estimate of drug-likeness (QED) is 0.0784. The molecule has 0 amide bonds. The van der Waals surface area contributed by atoms with Gasteiger partial charge in [-0.2, -0.15) is 0 Å². The van der Waals surface area contributed by atoms with Gasteiger partial charge >= 0.3 is 231 Å². The predicted molar refractivity (Wildman–Crippen MR) is 187 cm³/mol. The Kier molecular flexibility index (Phi) is 21.6. The predicted octanol–water partition coefficient (Wildman–Crippen LogP) is 12.8. The zero-order valence-corrected chi connectivity index (χ0v) is 31.8. The Morgan fingerprint density at radius 3 is 1.66 bits per heavy atom. The van der Waals surface area contributed by atoms with E-state index in [1.807, 2.05) is 0 Å². The molecule has 0 radical (unpaired) electrons. The van der Waals surface area contributed by atoms with E-state index in [0.717, 1.165) is 24.2 Å². The molecular formula is C39H70OSn. The van der Waals surface area contributed by atoms with Crippen molar-refractivity contribution in [3.63, 3.8) is 0 Å². The molecule has 0 heterocycles. The first kappa shape index (κ1) is 38.6. The molecule has 0 aliphatic heterocycles. The van der Waals surface area contributed by atoms with Gasteiger partial charge in [0.15, 0.2) is 0 Å². The van der Waals surface area contributed by atoms with Crippen molar-refractivity contribution in [2.75, 3.05) is 0 Å². The summed E-state index contributed by atoms with van der Waals surface area (Å²) in [6.45, 7) is 19.7. The topological polar surface area (TPSA) is 9.23 Å². The molecule has 1 nitrogen and oxygen atoms in total. The molecule has 0 fully saturated rings. The van der Waals surface area contributed by atoms with Gasteiger partial charge in [0.2, 0.25) is 0 Å². The van der Waals surface area contributed by atoms with Gasteiger partial charge in [-0.3, -0.25) is 0 Å². The van der Waals surface area contributed by atoms with Crippen LogP contribution in [0.1, 0.15) is 157 Å². The Hall–Kier alpha value is -0.461. The Labute approximate surface area is 262 Å². The SMILES string of the molecule is CCC[CH2][Sn]([C]#CC(C)(CCCC(C)CCCC(C)CCCC(C)C)OCc1ccccc1)([CH2]CCC)[CH2]CCC. The molecule has 41 heavy (non-hydrogen) atoms. The summed E-state index contributed by atoms with van der Waals surface area (Å²) in [7, 11) is 0. The molecular weight excluding hydrogens is 603 g/mol. The number of ether oxygens (including phenoxy) is 1. The van der Waals surface area contributed by atoms with Crippen LogP contribution in [-0.2, 0) is 11.3 Å². The van der Waals surface area contributed by atoms with Crippen molar-refractivity contribution < 1.29 is 4.74 Å². The van der Waals surface area contributed by atoms with Crippen LogP contribution < -0.4 is 0 Å². The molecule has 2 heteroatoms. The van der Waals surface area contributed by atoms with E-state index >= 15 is 0 Å². The van der Waals surface area contributed by atoms with E-state index in [-0.39, 0.29) is 5.60 Å². The van der Waals surface area contributed by atoms with E-state index in [0.29, 0.717) is 6.61 Å². The van der Waals surface area contributed by atoms with Crippen LogP contribution in [0.15, 0.2) is 30.3 Å². The molecule has 0 aliphatic rings. The summed E-state index contributed by atoms with van der Waals surface area (Å²) in [5, 5.41) is 0. The van der Waals surface area contributed by atoms with Gasteiger partial charge in [-0.15, -0.1) is 0 Å². The van der Waals surface area contributed by atoms with Gasteiger partial charge in [0, 0.05) is 0 Å². The third-order valence-electron chi connectivity index (χ3n) is 9.24. The molecule has 0 spiro atoms. The maximum absolute atomic E-state index is 6.73. The zero-order chi connectivity index (χ0) is 30.4. The number of hydrogen-bond donors (Lipinski definition) is 0. The van der Waals surface area contributed by atoms with E-state index in [1.54, 1.807) is 0 Å². The van der Waals surface area contributed by atoms with Crippen molar-refractivity contribution in [2.45, 2.75) is 177 Å². The van der Waals surface area contributed by atoms with Gasteiger partial charge in [0.05, 0.1) is 0 Å². The van der Waals surface area contributed by atoms with Crippen LogP contribution in [-0.4, -0.2) is 24.0 Å². The monoisotopic (exact) mass is 674 g/mol. The Morgan fingerprint density at radius 1 is 0.683 bits per heavy atom. The summed E-state index contributed by atoms with van der Waals surface area (Å²) in [6, 6.07) is 10.7. The number of rotatable bonds is 24. The van der Waals surface area contributed by atoms with Gasteiger partial charge in [0.1, 0.15) is 0 Å². The molecule has 0 saturated carbocycles. The van der Waals surface area contributed by atoms with Gasteiger partial charge < -0.3 is 0 Å². The fourth-order valence-corrected chi connectivity index (χ4v) is 19.7. The van der Waals surface area contributed by atoms with E-state index in [4.69, 9.17) is 4.74 Å². The summed E-state index contributed by atoms with van der Waals surface area (Å²) in [6.07, 6.45) is 19.9. The van der Waals surface area contributed by atoms with Gasteiger partial charge in [-0.1, -0.05) is 26.7 Å². The third kappa shape index (κ3) is 18.7. The van der Waals surface area contributed by atoms with Crippen LogP contribution in [0, 0.1) is 27.6 Å². The summed E-state index contributed by atoms with van der Waals surface area (Å²) in [5.74, 6) is 6.43. The number of hydrogen-bond acceptors (Lipinski definition) is 1. The van der Waals surface area contributed by atoms with E-state index < -0.39 is 18.4 Å². The van der Waals surface area contributed by atoms with Crippen molar-refractivity contribution in [2.24, 2.45) is 17.8 Å². The van der Waals surface area contributed by atoms with E-state index in [9.17, 15) is 0 Å². The average Bonchev–Trinajstić information content (AvgIpc) is 2.96. The van der Waals surface area contributed by atoms with E-state index in [2.05, 4.69) is 95.6 Å². The summed E-state index contributed by atoms with van der Waals surface area (Å²) < 4.78 is 15.2. The number of unbranched alkanes of at least 4 members (excludes halogenated alkanes) is 3. The summed E-state index contributed by atoms with van der Waals surface area (Å²) in [4.78, 5) is 0. The van der Waals surface area contributed by atoms with Crippen LogP contribution in [0.5, 0.6) is 0 Å². The Balaban J connectivity index is 2.86. The van der Waals surface area contributed by atoms with Crippen molar-refractivity contribution >= 4 is 18.4 Å². The molecule has 0 aliphatic carbocycles. The normalized spacial score (nSPS) is 14.9. The maximum atomic E-state index is 6.73. The van der Waals surface area contributed by atoms with Crippen molar-refractivity contribution in [3.8, 4) is 9.86 Å². The van der Waals surface area contributed by atoms with Crippen LogP contribution in [0.3, 0.4) is 0 Å². The van der Waals surface area contributed by atoms with Crippen LogP contribution in [0.4, 0.5) is 0 Å². The standard InChI is InChI=1S/C27H43O.3C4H9.Sn/c1-7-27(6,28-22-26-19-9-8-10-20-26)21-13-18-25(5)17-12-16-24(4)15-11-14-23(2)3;3*1-3-4-2;/h8-10,19-20,23-25H,11-18,21-22H2,2-6H3;3*1,3-4H2,2H3;. The van der Waals surface area contributed by atoms with Gasteiger partial charge in [-0.05, 0) is 5.92 Å². The van der Waals surface area contributed by atoms with Crippen molar-refractivity contribution in [1.82, 2.24) is 0 Å². The molecule has 0 bridgehead atoms. The average molecular weight is 674 g/mol. The van der Waals surface area contributed by atoms with Crippen molar-refractivity contribution in [3.05, 3.63) is 35.9 Å². The minimum atomic E-state index is -2.53. The third-order valence-corrected chi connectivity index (χ3v) is 22.3. The molecule has 236 valence electrons. The zero-order valence-electron chi connectivity index (χ0n) is 29.0. The molecule has 1 rings (SSSR count). The van der Waals surface area contributed by atoms with Crippen molar-refractivity contribution in [1.29, 1.82) is 0 Å². The van der Waals surface area contributed by atoms with Crippen LogP contribution in [0.2, 0.25) is 13.3 Å². The fourth-order valence-electron chi connectivity index (χ4n) is 6.13. The second-order valence-electron chi connectivity index (χ2n) is 14.2. The Bertz CT molecular complexity index is 784. The second-order valence-corrected chi connectivity index (χ2v) is 26.5. The molecule has 0 aromatic heterocycles. The molecule has 1 aromatic rings. The summed E-state index contributed by atoms with van der Waals surface area (Å²) >= 11 is -2.53. The van der Waals surface area contributed by atoms with Crippen LogP contribution in [0.25, 0.3) is 0 Å². The molecule has 3 unspecified atom stereocenters.